The number of carbonyl (C=O) groups excluding carboxylic acids is 1. The van der Waals surface area contributed by atoms with Crippen LogP contribution in [-0.2, 0) is 4.74 Å². The number of nitrogens with zero attached hydrogens (tertiary/aromatic N) is 1. The number of thiophene rings is 2. The smallest absolute Gasteiger partial charge is 0.339 e. The number of fused-ring (bicyclic) bond motifs is 1. The van der Waals surface area contributed by atoms with Crippen molar-refractivity contribution in [2.45, 2.75) is 26.9 Å². The summed E-state index contributed by atoms with van der Waals surface area (Å²) in [7, 11) is 0. The lowest BCUT2D eigenvalue weighted by molar-refractivity contribution is 0.0319. The van der Waals surface area contributed by atoms with Crippen molar-refractivity contribution in [1.82, 2.24) is 9.97 Å². The number of hydrogen-bond donors (Lipinski definition) is 1. The molecule has 28 heavy (non-hydrogen) atoms. The van der Waals surface area contributed by atoms with Crippen LogP contribution < -0.4 is 5.56 Å². The van der Waals surface area contributed by atoms with E-state index in [9.17, 15) is 9.59 Å². The standard InChI is InChI=1S/C21H18N2O3S2/c1-11-6-7-12(2)14(9-11)21(25)26-13(3)18-22-19(24)17-15(10-28-20(17)23-18)16-5-4-8-27-16/h4-10,13H,1-3H3,(H,22,23,24)/t13-/m0/s1. The second-order valence-corrected chi connectivity index (χ2v) is 8.43. The highest BCUT2D eigenvalue weighted by Crippen LogP contribution is 2.34. The summed E-state index contributed by atoms with van der Waals surface area (Å²) >= 11 is 2.99. The second kappa shape index (κ2) is 7.33. The first kappa shape index (κ1) is 18.6. The van der Waals surface area contributed by atoms with Gasteiger partial charge in [-0.1, -0.05) is 23.8 Å². The van der Waals surface area contributed by atoms with Gasteiger partial charge in [-0.3, -0.25) is 4.79 Å². The van der Waals surface area contributed by atoms with Crippen molar-refractivity contribution in [3.05, 3.63) is 74.0 Å². The summed E-state index contributed by atoms with van der Waals surface area (Å²) in [6.45, 7) is 5.50. The zero-order chi connectivity index (χ0) is 19.8. The van der Waals surface area contributed by atoms with E-state index in [-0.39, 0.29) is 5.56 Å². The molecule has 7 heteroatoms. The van der Waals surface area contributed by atoms with Gasteiger partial charge in [0.05, 0.1) is 10.9 Å². The van der Waals surface area contributed by atoms with Crippen molar-refractivity contribution in [3.8, 4) is 10.4 Å². The highest BCUT2D eigenvalue weighted by molar-refractivity contribution is 7.18. The van der Waals surface area contributed by atoms with Crippen molar-refractivity contribution < 1.29 is 9.53 Å². The van der Waals surface area contributed by atoms with Gasteiger partial charge in [0.1, 0.15) is 4.83 Å². The number of carbonyl (C=O) groups is 1. The lowest BCUT2D eigenvalue weighted by Gasteiger charge is -2.14. The first-order valence-electron chi connectivity index (χ1n) is 8.77. The second-order valence-electron chi connectivity index (χ2n) is 6.62. The molecule has 0 aliphatic carbocycles. The van der Waals surface area contributed by atoms with Crippen LogP contribution in [0, 0.1) is 13.8 Å². The van der Waals surface area contributed by atoms with Gasteiger partial charge in [0.15, 0.2) is 11.9 Å². The molecule has 4 rings (SSSR count). The van der Waals surface area contributed by atoms with Gasteiger partial charge >= 0.3 is 5.97 Å². The van der Waals surface area contributed by atoms with Gasteiger partial charge in [0.25, 0.3) is 5.56 Å². The van der Waals surface area contributed by atoms with Crippen LogP contribution in [0.1, 0.15) is 40.3 Å². The van der Waals surface area contributed by atoms with Gasteiger partial charge in [-0.05, 0) is 43.8 Å². The molecule has 0 bridgehead atoms. The van der Waals surface area contributed by atoms with Gasteiger partial charge in [-0.15, -0.1) is 22.7 Å². The molecule has 3 aromatic heterocycles. The molecule has 0 amide bonds. The molecule has 142 valence electrons. The first-order valence-corrected chi connectivity index (χ1v) is 10.5. The molecular weight excluding hydrogens is 392 g/mol. The van der Waals surface area contributed by atoms with E-state index in [1.807, 2.05) is 48.9 Å². The zero-order valence-corrected chi connectivity index (χ0v) is 17.2. The van der Waals surface area contributed by atoms with Crippen LogP contribution in [0.4, 0.5) is 0 Å². The Kier molecular flexibility index (Phi) is 4.87. The van der Waals surface area contributed by atoms with E-state index in [0.717, 1.165) is 21.6 Å². The van der Waals surface area contributed by atoms with E-state index < -0.39 is 12.1 Å². The minimum Gasteiger partial charge on any atom is -0.451 e. The van der Waals surface area contributed by atoms with Gasteiger partial charge in [0.2, 0.25) is 0 Å². The fraction of sp³-hybridized carbons (Fsp3) is 0.190. The summed E-state index contributed by atoms with van der Waals surface area (Å²) in [5.74, 6) is -0.0855. The first-order chi connectivity index (χ1) is 13.4. The van der Waals surface area contributed by atoms with Crippen molar-refractivity contribution >= 4 is 38.9 Å². The SMILES string of the molecule is Cc1ccc(C)c(C(=O)O[C@@H](C)c2nc3scc(-c4cccs4)c3c(=O)[nH]2)c1. The molecule has 0 saturated heterocycles. The Hall–Kier alpha value is -2.77. The normalized spacial score (nSPS) is 12.2. The summed E-state index contributed by atoms with van der Waals surface area (Å²) in [5, 5.41) is 4.49. The molecule has 0 radical (unpaired) electrons. The Bertz CT molecular complexity index is 1220. The maximum absolute atomic E-state index is 12.7. The van der Waals surface area contributed by atoms with Crippen LogP contribution in [0.15, 0.2) is 45.9 Å². The van der Waals surface area contributed by atoms with Crippen molar-refractivity contribution in [3.63, 3.8) is 0 Å². The maximum Gasteiger partial charge on any atom is 0.339 e. The molecule has 5 nitrogen and oxygen atoms in total. The molecule has 3 heterocycles. The van der Waals surface area contributed by atoms with Crippen molar-refractivity contribution in [1.29, 1.82) is 0 Å². The summed E-state index contributed by atoms with van der Waals surface area (Å²) in [6.07, 6.45) is -0.670. The fourth-order valence-corrected chi connectivity index (χ4v) is 4.78. The highest BCUT2D eigenvalue weighted by Gasteiger charge is 2.20. The lowest BCUT2D eigenvalue weighted by Crippen LogP contribution is -2.17. The average Bonchev–Trinajstić information content (AvgIpc) is 3.32. The number of benzene rings is 1. The lowest BCUT2D eigenvalue weighted by atomic mass is 10.1. The van der Waals surface area contributed by atoms with E-state index in [0.29, 0.717) is 21.6 Å². The van der Waals surface area contributed by atoms with E-state index >= 15 is 0 Å². The minimum absolute atomic E-state index is 0.223. The maximum atomic E-state index is 12.7. The Morgan fingerprint density at radius 1 is 1.21 bits per heavy atom. The van der Waals surface area contributed by atoms with Gasteiger partial charge in [0, 0.05) is 15.8 Å². The van der Waals surface area contributed by atoms with Crippen LogP contribution in [0.2, 0.25) is 0 Å². The molecule has 0 fully saturated rings. The summed E-state index contributed by atoms with van der Waals surface area (Å²) in [5.41, 5.74) is 3.01. The van der Waals surface area contributed by atoms with E-state index in [4.69, 9.17) is 4.74 Å². The molecule has 1 N–H and O–H groups in total. The van der Waals surface area contributed by atoms with Gasteiger partial charge in [-0.25, -0.2) is 9.78 Å². The number of H-pyrrole nitrogens is 1. The van der Waals surface area contributed by atoms with Crippen LogP contribution in [0.25, 0.3) is 20.7 Å². The number of esters is 1. The highest BCUT2D eigenvalue weighted by atomic mass is 32.1. The molecule has 0 saturated carbocycles. The molecule has 1 atom stereocenters. The van der Waals surface area contributed by atoms with Crippen LogP contribution in [0.3, 0.4) is 0 Å². The monoisotopic (exact) mass is 410 g/mol. The van der Waals surface area contributed by atoms with E-state index in [1.165, 1.54) is 11.3 Å². The molecule has 0 aliphatic heterocycles. The third kappa shape index (κ3) is 3.39. The summed E-state index contributed by atoms with van der Waals surface area (Å²) in [6, 6.07) is 9.57. The summed E-state index contributed by atoms with van der Waals surface area (Å²) in [4.78, 5) is 34.3. The van der Waals surface area contributed by atoms with Crippen LogP contribution in [-0.4, -0.2) is 15.9 Å². The van der Waals surface area contributed by atoms with Gasteiger partial charge < -0.3 is 9.72 Å². The van der Waals surface area contributed by atoms with E-state index in [1.54, 1.807) is 24.3 Å². The quantitative estimate of drug-likeness (QED) is 0.467. The minimum atomic E-state index is -0.670. The van der Waals surface area contributed by atoms with Crippen molar-refractivity contribution in [2.75, 3.05) is 0 Å². The molecule has 0 aliphatic rings. The number of aromatic nitrogens is 2. The summed E-state index contributed by atoms with van der Waals surface area (Å²) < 4.78 is 5.58. The van der Waals surface area contributed by atoms with Gasteiger partial charge in [-0.2, -0.15) is 0 Å². The Morgan fingerprint density at radius 3 is 2.79 bits per heavy atom. The Labute approximate surface area is 169 Å². The predicted octanol–water partition coefficient (Wildman–Crippen LogP) is 5.25. The number of aryl methyl sites for hydroxylation is 2. The molecule has 1 aromatic carbocycles. The molecule has 0 unspecified atom stereocenters. The number of hydrogen-bond acceptors (Lipinski definition) is 6. The average molecular weight is 411 g/mol. The zero-order valence-electron chi connectivity index (χ0n) is 15.6. The number of ether oxygens (including phenoxy) is 1. The van der Waals surface area contributed by atoms with Crippen molar-refractivity contribution in [2.24, 2.45) is 0 Å². The fourth-order valence-electron chi connectivity index (χ4n) is 3.01. The number of rotatable bonds is 4. The largest absolute Gasteiger partial charge is 0.451 e. The third-order valence-electron chi connectivity index (χ3n) is 4.53. The molecule has 4 aromatic rings. The number of aromatic amines is 1. The van der Waals surface area contributed by atoms with E-state index in [2.05, 4.69) is 9.97 Å². The number of nitrogens with one attached hydrogen (secondary N) is 1. The topological polar surface area (TPSA) is 72.0 Å². The molecule has 0 spiro atoms. The van der Waals surface area contributed by atoms with Crippen LogP contribution >= 0.6 is 22.7 Å². The molecular formula is C21H18N2O3S2. The Balaban J connectivity index is 1.65. The third-order valence-corrected chi connectivity index (χ3v) is 6.31. The van der Waals surface area contributed by atoms with Crippen LogP contribution in [0.5, 0.6) is 0 Å². The predicted molar refractivity (Wildman–Crippen MR) is 113 cm³/mol. The Morgan fingerprint density at radius 2 is 2.04 bits per heavy atom.